The smallest absolute Gasteiger partial charge is 0.335 e. The highest BCUT2D eigenvalue weighted by Crippen LogP contribution is 2.23. The molecule has 2 aromatic carbocycles. The van der Waals surface area contributed by atoms with Crippen molar-refractivity contribution in [1.29, 1.82) is 0 Å². The number of aryl methyl sites for hydroxylation is 1. The number of morpholine rings is 1. The van der Waals surface area contributed by atoms with Crippen molar-refractivity contribution in [2.75, 3.05) is 19.7 Å². The fourth-order valence-electron chi connectivity index (χ4n) is 3.01. The van der Waals surface area contributed by atoms with Crippen LogP contribution in [-0.2, 0) is 16.0 Å². The second-order valence-electron chi connectivity index (χ2n) is 6.26. The van der Waals surface area contributed by atoms with E-state index < -0.39 is 5.97 Å². The quantitative estimate of drug-likeness (QED) is 0.893. The Kier molecular flexibility index (Phi) is 5.63. The van der Waals surface area contributed by atoms with Gasteiger partial charge in [0.05, 0.1) is 18.7 Å². The van der Waals surface area contributed by atoms with E-state index in [4.69, 9.17) is 9.84 Å². The first kappa shape index (κ1) is 18.1. The molecule has 5 nitrogen and oxygen atoms in total. The van der Waals surface area contributed by atoms with Gasteiger partial charge in [-0.1, -0.05) is 24.3 Å². The molecule has 1 saturated heterocycles. The largest absolute Gasteiger partial charge is 0.478 e. The van der Waals surface area contributed by atoms with Crippen LogP contribution in [0.15, 0.2) is 48.5 Å². The van der Waals surface area contributed by atoms with Crippen LogP contribution in [0.4, 0.5) is 4.39 Å². The molecule has 0 aliphatic carbocycles. The maximum Gasteiger partial charge on any atom is 0.335 e. The van der Waals surface area contributed by atoms with Crippen molar-refractivity contribution in [2.24, 2.45) is 0 Å². The number of carbonyl (C=O) groups excluding carboxylic acids is 1. The van der Waals surface area contributed by atoms with Gasteiger partial charge in [-0.05, 0) is 41.8 Å². The number of carboxylic acids is 1. The number of halogens is 1. The molecule has 136 valence electrons. The molecule has 6 heteroatoms. The fourth-order valence-corrected chi connectivity index (χ4v) is 3.01. The van der Waals surface area contributed by atoms with Crippen LogP contribution in [0.2, 0.25) is 0 Å². The average Bonchev–Trinajstić information content (AvgIpc) is 2.66. The molecule has 1 N–H and O–H groups in total. The first-order valence-electron chi connectivity index (χ1n) is 8.50. The van der Waals surface area contributed by atoms with Crippen molar-refractivity contribution in [3.05, 3.63) is 71.0 Å². The summed E-state index contributed by atoms with van der Waals surface area (Å²) in [6, 6.07) is 12.8. The molecule has 0 radical (unpaired) electrons. The summed E-state index contributed by atoms with van der Waals surface area (Å²) >= 11 is 0. The number of carbonyl (C=O) groups is 2. The van der Waals surface area contributed by atoms with Crippen molar-refractivity contribution in [2.45, 2.75) is 18.9 Å². The van der Waals surface area contributed by atoms with Gasteiger partial charge in [0, 0.05) is 13.0 Å². The van der Waals surface area contributed by atoms with E-state index in [0.717, 1.165) is 11.1 Å². The van der Waals surface area contributed by atoms with Gasteiger partial charge in [0.1, 0.15) is 11.9 Å². The van der Waals surface area contributed by atoms with Gasteiger partial charge >= 0.3 is 5.97 Å². The lowest BCUT2D eigenvalue weighted by Crippen LogP contribution is -2.42. The van der Waals surface area contributed by atoms with E-state index in [1.807, 2.05) is 0 Å². The Morgan fingerprint density at radius 2 is 1.96 bits per heavy atom. The molecule has 3 rings (SSSR count). The summed E-state index contributed by atoms with van der Waals surface area (Å²) in [6.45, 7) is 1.34. The molecule has 1 amide bonds. The number of benzene rings is 2. The number of nitrogens with zero attached hydrogens (tertiary/aromatic N) is 1. The van der Waals surface area contributed by atoms with Crippen LogP contribution in [0.3, 0.4) is 0 Å². The minimum atomic E-state index is -0.968. The highest BCUT2D eigenvalue weighted by molar-refractivity contribution is 5.87. The molecule has 1 heterocycles. The lowest BCUT2D eigenvalue weighted by molar-refractivity contribution is -0.139. The third-order valence-electron chi connectivity index (χ3n) is 4.47. The summed E-state index contributed by atoms with van der Waals surface area (Å²) in [5.74, 6) is -1.28. The molecule has 26 heavy (non-hydrogen) atoms. The maximum atomic E-state index is 13.4. The third-order valence-corrected chi connectivity index (χ3v) is 4.47. The molecule has 1 fully saturated rings. The Bertz CT molecular complexity index is 791. The van der Waals surface area contributed by atoms with Crippen LogP contribution >= 0.6 is 0 Å². The lowest BCUT2D eigenvalue weighted by Gasteiger charge is -2.33. The van der Waals surface area contributed by atoms with Crippen LogP contribution in [0.25, 0.3) is 0 Å². The molecular weight excluding hydrogens is 337 g/mol. The summed E-state index contributed by atoms with van der Waals surface area (Å²) in [4.78, 5) is 25.1. The van der Waals surface area contributed by atoms with E-state index in [2.05, 4.69) is 0 Å². The first-order valence-corrected chi connectivity index (χ1v) is 8.50. The van der Waals surface area contributed by atoms with Crippen LogP contribution in [0, 0.1) is 5.82 Å². The lowest BCUT2D eigenvalue weighted by atomic mass is 10.1. The second-order valence-corrected chi connectivity index (χ2v) is 6.26. The SMILES string of the molecule is O=C(O)c1ccc(CCC(=O)N2CCOC(c3cccc(F)c3)C2)cc1. The van der Waals surface area contributed by atoms with Crippen LogP contribution in [0.1, 0.15) is 34.0 Å². The van der Waals surface area contributed by atoms with Crippen molar-refractivity contribution >= 4 is 11.9 Å². The van der Waals surface area contributed by atoms with Gasteiger partial charge in [0.2, 0.25) is 5.91 Å². The Balaban J connectivity index is 1.56. The van der Waals surface area contributed by atoms with E-state index >= 15 is 0 Å². The van der Waals surface area contributed by atoms with Gasteiger partial charge in [-0.25, -0.2) is 9.18 Å². The highest BCUT2D eigenvalue weighted by Gasteiger charge is 2.25. The van der Waals surface area contributed by atoms with Crippen LogP contribution in [-0.4, -0.2) is 41.6 Å². The average molecular weight is 357 g/mol. The minimum absolute atomic E-state index is 0.0111. The molecular formula is C20H20FNO4. The number of carboxylic acid groups (broad SMARTS) is 1. The van der Waals surface area contributed by atoms with Gasteiger partial charge < -0.3 is 14.7 Å². The van der Waals surface area contributed by atoms with Crippen LogP contribution < -0.4 is 0 Å². The summed E-state index contributed by atoms with van der Waals surface area (Å²) < 4.78 is 19.1. The molecule has 2 aromatic rings. The summed E-state index contributed by atoms with van der Waals surface area (Å²) in [7, 11) is 0. The molecule has 1 atom stereocenters. The van der Waals surface area contributed by atoms with Crippen molar-refractivity contribution < 1.29 is 23.8 Å². The van der Waals surface area contributed by atoms with Gasteiger partial charge in [-0.3, -0.25) is 4.79 Å². The van der Waals surface area contributed by atoms with Crippen molar-refractivity contribution in [3.63, 3.8) is 0 Å². The highest BCUT2D eigenvalue weighted by atomic mass is 19.1. The Labute approximate surface area is 151 Å². The number of ether oxygens (including phenoxy) is 1. The molecule has 0 bridgehead atoms. The second kappa shape index (κ2) is 8.10. The molecule has 0 spiro atoms. The Morgan fingerprint density at radius 1 is 1.19 bits per heavy atom. The number of rotatable bonds is 5. The van der Waals surface area contributed by atoms with E-state index in [9.17, 15) is 14.0 Å². The first-order chi connectivity index (χ1) is 12.5. The molecule has 0 saturated carbocycles. The van der Waals surface area contributed by atoms with Crippen molar-refractivity contribution in [3.8, 4) is 0 Å². The van der Waals surface area contributed by atoms with Gasteiger partial charge in [0.25, 0.3) is 0 Å². The predicted octanol–water partition coefficient (Wildman–Crippen LogP) is 3.06. The van der Waals surface area contributed by atoms with E-state index in [0.29, 0.717) is 32.5 Å². The molecule has 1 aliphatic heterocycles. The normalized spacial score (nSPS) is 17.1. The molecule has 1 unspecified atom stereocenters. The van der Waals surface area contributed by atoms with Gasteiger partial charge in [-0.15, -0.1) is 0 Å². The Hall–Kier alpha value is -2.73. The number of hydrogen-bond donors (Lipinski definition) is 1. The summed E-state index contributed by atoms with van der Waals surface area (Å²) in [5, 5.41) is 8.90. The molecule has 1 aliphatic rings. The standard InChI is InChI=1S/C20H20FNO4/c21-17-3-1-2-16(12-17)18-13-22(10-11-26-18)19(23)9-6-14-4-7-15(8-5-14)20(24)25/h1-5,7-8,12,18H,6,9-11,13H2,(H,24,25). The van der Waals surface area contributed by atoms with Crippen molar-refractivity contribution in [1.82, 2.24) is 4.90 Å². The van der Waals surface area contributed by atoms with E-state index in [1.54, 1.807) is 29.2 Å². The van der Waals surface area contributed by atoms with Crippen LogP contribution in [0.5, 0.6) is 0 Å². The molecule has 0 aromatic heterocycles. The maximum absolute atomic E-state index is 13.4. The number of amides is 1. The Morgan fingerprint density at radius 3 is 2.65 bits per heavy atom. The number of hydrogen-bond acceptors (Lipinski definition) is 3. The topological polar surface area (TPSA) is 66.8 Å². The van der Waals surface area contributed by atoms with E-state index in [1.165, 1.54) is 24.3 Å². The predicted molar refractivity (Wildman–Crippen MR) is 93.4 cm³/mol. The van der Waals surface area contributed by atoms with E-state index in [-0.39, 0.29) is 23.4 Å². The minimum Gasteiger partial charge on any atom is -0.478 e. The third kappa shape index (κ3) is 4.46. The zero-order valence-electron chi connectivity index (χ0n) is 14.2. The van der Waals surface area contributed by atoms with Gasteiger partial charge in [-0.2, -0.15) is 0 Å². The zero-order valence-corrected chi connectivity index (χ0v) is 14.2. The summed E-state index contributed by atoms with van der Waals surface area (Å²) in [5.41, 5.74) is 1.87. The summed E-state index contributed by atoms with van der Waals surface area (Å²) in [6.07, 6.45) is 0.557. The zero-order chi connectivity index (χ0) is 18.5. The fraction of sp³-hybridized carbons (Fsp3) is 0.300. The monoisotopic (exact) mass is 357 g/mol. The number of aromatic carboxylic acids is 1. The van der Waals surface area contributed by atoms with Gasteiger partial charge in [0.15, 0.2) is 0 Å².